The Morgan fingerprint density at radius 1 is 1.17 bits per heavy atom. The Kier molecular flexibility index (Phi) is 5.43. The van der Waals surface area contributed by atoms with Crippen molar-refractivity contribution < 1.29 is 22.5 Å². The SMILES string of the molecule is Cc1cc(NC(=O)CN2CCN(C(=O)C3=CN4CCS(=O)(=O)N=C4C=C3)CC2)no1. The molecule has 0 bridgehead atoms. The van der Waals surface area contributed by atoms with Crippen LogP contribution in [0.15, 0.2) is 38.9 Å². The first-order valence-corrected chi connectivity index (χ1v) is 11.1. The average Bonchev–Trinajstić information content (AvgIpc) is 3.11. The molecule has 0 radical (unpaired) electrons. The molecule has 4 heterocycles. The summed E-state index contributed by atoms with van der Waals surface area (Å²) in [5.74, 6) is 0.949. The highest BCUT2D eigenvalue weighted by Gasteiger charge is 2.28. The van der Waals surface area contributed by atoms with Gasteiger partial charge in [-0.15, -0.1) is 4.40 Å². The first-order valence-electron chi connectivity index (χ1n) is 9.53. The summed E-state index contributed by atoms with van der Waals surface area (Å²) in [4.78, 5) is 30.4. The van der Waals surface area contributed by atoms with Gasteiger partial charge in [-0.3, -0.25) is 14.5 Å². The van der Waals surface area contributed by atoms with E-state index in [0.29, 0.717) is 49.2 Å². The topological polar surface area (TPSA) is 128 Å². The van der Waals surface area contributed by atoms with Crippen molar-refractivity contribution in [3.8, 4) is 0 Å². The summed E-state index contributed by atoms with van der Waals surface area (Å²) in [6.45, 7) is 4.36. The first-order chi connectivity index (χ1) is 14.3. The molecular weight excluding hydrogens is 412 g/mol. The molecule has 1 aromatic rings. The minimum Gasteiger partial charge on any atom is -0.360 e. The molecule has 1 saturated heterocycles. The number of nitrogens with zero attached hydrogens (tertiary/aromatic N) is 5. The van der Waals surface area contributed by atoms with Crippen LogP contribution < -0.4 is 5.32 Å². The van der Waals surface area contributed by atoms with E-state index in [2.05, 4.69) is 14.9 Å². The van der Waals surface area contributed by atoms with Gasteiger partial charge in [0.2, 0.25) is 5.91 Å². The van der Waals surface area contributed by atoms with Gasteiger partial charge in [0.15, 0.2) is 5.82 Å². The second kappa shape index (κ2) is 8.03. The Hall–Kier alpha value is -2.99. The van der Waals surface area contributed by atoms with Crippen molar-refractivity contribution in [2.45, 2.75) is 6.92 Å². The molecule has 1 fully saturated rings. The van der Waals surface area contributed by atoms with Gasteiger partial charge in [-0.25, -0.2) is 8.42 Å². The van der Waals surface area contributed by atoms with Crippen LogP contribution >= 0.6 is 0 Å². The maximum atomic E-state index is 12.8. The van der Waals surface area contributed by atoms with Crippen molar-refractivity contribution in [3.05, 3.63) is 35.8 Å². The zero-order valence-corrected chi connectivity index (χ0v) is 17.3. The predicted octanol–water partition coefficient (Wildman–Crippen LogP) is -0.437. The van der Waals surface area contributed by atoms with E-state index >= 15 is 0 Å². The lowest BCUT2D eigenvalue weighted by Gasteiger charge is -2.35. The number of sulfonamides is 1. The third-order valence-electron chi connectivity index (χ3n) is 4.99. The van der Waals surface area contributed by atoms with Crippen LogP contribution in [0.4, 0.5) is 5.82 Å². The van der Waals surface area contributed by atoms with Crippen LogP contribution in [0.1, 0.15) is 5.76 Å². The Labute approximate surface area is 173 Å². The maximum absolute atomic E-state index is 12.8. The molecule has 0 aromatic carbocycles. The minimum absolute atomic E-state index is 0.0725. The maximum Gasteiger partial charge on any atom is 0.256 e. The average molecular weight is 434 g/mol. The number of piperazine rings is 1. The number of amidine groups is 1. The molecule has 3 aliphatic heterocycles. The van der Waals surface area contributed by atoms with Gasteiger partial charge in [0, 0.05) is 45.0 Å². The lowest BCUT2D eigenvalue weighted by Crippen LogP contribution is -2.51. The highest BCUT2D eigenvalue weighted by atomic mass is 32.2. The molecule has 160 valence electrons. The van der Waals surface area contributed by atoms with Gasteiger partial charge < -0.3 is 19.6 Å². The molecule has 0 aliphatic carbocycles. The van der Waals surface area contributed by atoms with Gasteiger partial charge in [0.05, 0.1) is 17.9 Å². The molecule has 0 unspecified atom stereocenters. The molecule has 3 aliphatic rings. The van der Waals surface area contributed by atoms with Crippen LogP contribution in [0.2, 0.25) is 0 Å². The van der Waals surface area contributed by atoms with Crippen molar-refractivity contribution in [1.82, 2.24) is 19.9 Å². The van der Waals surface area contributed by atoms with Crippen LogP contribution in [0, 0.1) is 6.92 Å². The van der Waals surface area contributed by atoms with Gasteiger partial charge in [0.1, 0.15) is 11.6 Å². The molecular formula is C18H22N6O5S. The van der Waals surface area contributed by atoms with Crippen LogP contribution in [0.5, 0.6) is 0 Å². The van der Waals surface area contributed by atoms with Gasteiger partial charge in [0.25, 0.3) is 15.9 Å². The van der Waals surface area contributed by atoms with E-state index in [-0.39, 0.29) is 30.7 Å². The minimum atomic E-state index is -3.42. The van der Waals surface area contributed by atoms with Gasteiger partial charge >= 0.3 is 0 Å². The summed E-state index contributed by atoms with van der Waals surface area (Å²) in [5.41, 5.74) is 0.487. The Balaban J connectivity index is 1.29. The normalized spacial score (nSPS) is 21.0. The number of anilines is 1. The summed E-state index contributed by atoms with van der Waals surface area (Å²) in [7, 11) is -3.42. The number of carbonyl (C=O) groups excluding carboxylic acids is 2. The number of fused-ring (bicyclic) bond motifs is 1. The lowest BCUT2D eigenvalue weighted by atomic mass is 10.1. The second-order valence-electron chi connectivity index (χ2n) is 7.29. The van der Waals surface area contributed by atoms with E-state index in [1.165, 1.54) is 0 Å². The standard InChI is InChI=1S/C18H22N6O5S/c1-13-10-15(20-29-13)19-17(25)12-22-4-6-23(7-5-22)18(26)14-2-3-16-21-30(27,28)9-8-24(16)11-14/h2-3,10-11H,4-9,12H2,1H3,(H,19,20,25). The monoisotopic (exact) mass is 434 g/mol. The van der Waals surface area contributed by atoms with Crippen molar-refractivity contribution in [2.75, 3.05) is 50.3 Å². The molecule has 11 nitrogen and oxygen atoms in total. The summed E-state index contributed by atoms with van der Waals surface area (Å²) < 4.78 is 31.8. The van der Waals surface area contributed by atoms with E-state index in [0.717, 1.165) is 0 Å². The Morgan fingerprint density at radius 2 is 1.93 bits per heavy atom. The molecule has 30 heavy (non-hydrogen) atoms. The highest BCUT2D eigenvalue weighted by Crippen LogP contribution is 2.18. The summed E-state index contributed by atoms with van der Waals surface area (Å²) in [5, 5.41) is 6.42. The zero-order valence-electron chi connectivity index (χ0n) is 16.4. The largest absolute Gasteiger partial charge is 0.360 e. The highest BCUT2D eigenvalue weighted by molar-refractivity contribution is 7.90. The number of nitrogens with one attached hydrogen (secondary N) is 1. The zero-order chi connectivity index (χ0) is 21.3. The number of amides is 2. The molecule has 0 spiro atoms. The number of rotatable bonds is 4. The third kappa shape index (κ3) is 4.60. The quantitative estimate of drug-likeness (QED) is 0.676. The second-order valence-corrected chi connectivity index (χ2v) is 9.04. The molecule has 4 rings (SSSR count). The number of aromatic nitrogens is 1. The number of hydrogen-bond acceptors (Lipinski definition) is 8. The summed E-state index contributed by atoms with van der Waals surface area (Å²) >= 11 is 0. The van der Waals surface area contributed by atoms with Gasteiger partial charge in [-0.2, -0.15) is 0 Å². The van der Waals surface area contributed by atoms with E-state index < -0.39 is 10.0 Å². The lowest BCUT2D eigenvalue weighted by molar-refractivity contribution is -0.128. The van der Waals surface area contributed by atoms with Gasteiger partial charge in [-0.1, -0.05) is 5.16 Å². The van der Waals surface area contributed by atoms with Crippen molar-refractivity contribution in [2.24, 2.45) is 4.40 Å². The van der Waals surface area contributed by atoms with E-state index in [1.54, 1.807) is 41.1 Å². The number of carbonyl (C=O) groups is 2. The van der Waals surface area contributed by atoms with Crippen molar-refractivity contribution in [3.63, 3.8) is 0 Å². The first kappa shape index (κ1) is 20.3. The van der Waals surface area contributed by atoms with Crippen LogP contribution in [0.25, 0.3) is 0 Å². The summed E-state index contributed by atoms with van der Waals surface area (Å²) in [6, 6.07) is 1.65. The van der Waals surface area contributed by atoms with Crippen LogP contribution in [0.3, 0.4) is 0 Å². The molecule has 1 N–H and O–H groups in total. The van der Waals surface area contributed by atoms with Crippen LogP contribution in [-0.2, 0) is 19.6 Å². The van der Waals surface area contributed by atoms with Gasteiger partial charge in [-0.05, 0) is 19.1 Å². The number of aryl methyl sites for hydroxylation is 1. The van der Waals surface area contributed by atoms with E-state index in [4.69, 9.17) is 4.52 Å². The fraction of sp³-hybridized carbons (Fsp3) is 0.444. The number of hydrogen-bond donors (Lipinski definition) is 1. The Morgan fingerprint density at radius 3 is 2.63 bits per heavy atom. The van der Waals surface area contributed by atoms with E-state index in [9.17, 15) is 18.0 Å². The molecule has 0 atom stereocenters. The molecule has 2 amide bonds. The van der Waals surface area contributed by atoms with Crippen LogP contribution in [-0.4, -0.2) is 90.9 Å². The Bertz CT molecular complexity index is 1050. The predicted molar refractivity (Wildman–Crippen MR) is 108 cm³/mol. The molecule has 1 aromatic heterocycles. The third-order valence-corrected chi connectivity index (χ3v) is 6.16. The van der Waals surface area contributed by atoms with Crippen molar-refractivity contribution in [1.29, 1.82) is 0 Å². The molecule has 12 heteroatoms. The fourth-order valence-electron chi connectivity index (χ4n) is 3.43. The smallest absolute Gasteiger partial charge is 0.256 e. The fourth-order valence-corrected chi connectivity index (χ4v) is 4.40. The molecule has 0 saturated carbocycles. The van der Waals surface area contributed by atoms with E-state index in [1.807, 2.05) is 4.90 Å². The van der Waals surface area contributed by atoms with Crippen molar-refractivity contribution >= 4 is 33.5 Å². The summed E-state index contributed by atoms with van der Waals surface area (Å²) in [6.07, 6.45) is 4.80.